The summed E-state index contributed by atoms with van der Waals surface area (Å²) in [6.45, 7) is 9.83. The van der Waals surface area contributed by atoms with E-state index < -0.39 is 5.56 Å². The van der Waals surface area contributed by atoms with Crippen molar-refractivity contribution < 1.29 is 0 Å². The van der Waals surface area contributed by atoms with E-state index in [2.05, 4.69) is 4.98 Å². The molecule has 20 heavy (non-hydrogen) atoms. The molecule has 4 nitrogen and oxygen atoms in total. The molecule has 0 unspecified atom stereocenters. The molecule has 2 aromatic rings. The van der Waals surface area contributed by atoms with Gasteiger partial charge in [-0.3, -0.25) is 4.79 Å². The van der Waals surface area contributed by atoms with Crippen molar-refractivity contribution in [3.8, 4) is 6.07 Å². The Morgan fingerprint density at radius 1 is 1.25 bits per heavy atom. The van der Waals surface area contributed by atoms with Crippen LogP contribution in [0.2, 0.25) is 5.02 Å². The quantitative estimate of drug-likeness (QED) is 0.742. The fraction of sp³-hybridized carbons (Fsp3) is 0.400. The highest BCUT2D eigenvalue weighted by Crippen LogP contribution is 2.22. The second-order valence-electron chi connectivity index (χ2n) is 3.49. The number of halogens is 1. The van der Waals surface area contributed by atoms with E-state index in [9.17, 15) is 4.79 Å². The van der Waals surface area contributed by atoms with Gasteiger partial charge in [0.15, 0.2) is 0 Å². The van der Waals surface area contributed by atoms with E-state index in [-0.39, 0.29) is 10.6 Å². The Morgan fingerprint density at radius 2 is 1.80 bits per heavy atom. The molecule has 2 rings (SSSR count). The summed E-state index contributed by atoms with van der Waals surface area (Å²) in [5.41, 5.74) is 1.44. The Hall–Kier alpha value is -1.86. The van der Waals surface area contributed by atoms with Crippen LogP contribution in [-0.4, -0.2) is 9.55 Å². The molecular weight excluding hydrogens is 274 g/mol. The number of aryl methyl sites for hydroxylation is 2. The van der Waals surface area contributed by atoms with E-state index >= 15 is 0 Å². The first-order chi connectivity index (χ1) is 9.56. The lowest BCUT2D eigenvalue weighted by molar-refractivity contribution is 0.897. The van der Waals surface area contributed by atoms with Crippen LogP contribution < -0.4 is 5.56 Å². The van der Waals surface area contributed by atoms with Crippen molar-refractivity contribution in [1.82, 2.24) is 9.55 Å². The van der Waals surface area contributed by atoms with Crippen LogP contribution in [0.5, 0.6) is 0 Å². The predicted octanol–water partition coefficient (Wildman–Crippen LogP) is 3.82. The second kappa shape index (κ2) is 8.34. The maximum absolute atomic E-state index is 11.7. The summed E-state index contributed by atoms with van der Waals surface area (Å²) in [6, 6.07) is 5.38. The largest absolute Gasteiger partial charge is 0.309 e. The number of pyridine rings is 2. The van der Waals surface area contributed by atoms with Crippen molar-refractivity contribution in [1.29, 1.82) is 5.26 Å². The number of nitriles is 1. The fourth-order valence-corrected chi connectivity index (χ4v) is 1.83. The molecule has 108 valence electrons. The van der Waals surface area contributed by atoms with Gasteiger partial charge in [0.25, 0.3) is 5.56 Å². The van der Waals surface area contributed by atoms with E-state index in [0.717, 1.165) is 5.69 Å². The maximum Gasteiger partial charge on any atom is 0.270 e. The average molecular weight is 294 g/mol. The molecule has 0 aromatic carbocycles. The molecule has 0 fully saturated rings. The molecule has 0 N–H and O–H groups in total. The van der Waals surface area contributed by atoms with Crippen molar-refractivity contribution in [3.05, 3.63) is 38.8 Å². The summed E-state index contributed by atoms with van der Waals surface area (Å²) in [4.78, 5) is 16.0. The molecular formula is C15H20ClN3O. The van der Waals surface area contributed by atoms with Gasteiger partial charge >= 0.3 is 0 Å². The van der Waals surface area contributed by atoms with E-state index in [0.29, 0.717) is 11.0 Å². The molecule has 0 atom stereocenters. The topological polar surface area (TPSA) is 58.7 Å². The summed E-state index contributed by atoms with van der Waals surface area (Å²) >= 11 is 5.99. The summed E-state index contributed by atoms with van der Waals surface area (Å²) in [6.07, 6.45) is 0. The van der Waals surface area contributed by atoms with Crippen LogP contribution >= 0.6 is 11.6 Å². The SMILES string of the molecule is CC.CC.Cc1ccc2c(n1)c(Cl)c(C#N)c(=O)n2C. The van der Waals surface area contributed by atoms with Crippen molar-refractivity contribution in [2.45, 2.75) is 34.6 Å². The second-order valence-corrected chi connectivity index (χ2v) is 3.86. The maximum atomic E-state index is 11.7. The lowest BCUT2D eigenvalue weighted by atomic mass is 10.2. The molecule has 0 saturated carbocycles. The fourth-order valence-electron chi connectivity index (χ4n) is 1.57. The number of fused-ring (bicyclic) bond motifs is 1. The first kappa shape index (κ1) is 18.1. The third-order valence-corrected chi connectivity index (χ3v) is 2.80. The summed E-state index contributed by atoms with van der Waals surface area (Å²) in [5.74, 6) is 0. The Morgan fingerprint density at radius 3 is 2.30 bits per heavy atom. The highest BCUT2D eigenvalue weighted by molar-refractivity contribution is 6.36. The van der Waals surface area contributed by atoms with Gasteiger partial charge in [0.2, 0.25) is 0 Å². The standard InChI is InChI=1S/C11H8ClN3O.2C2H6/c1-6-3-4-8-10(14-6)9(12)7(5-13)11(16)15(8)2;2*1-2/h3-4H,1-2H3;2*1-2H3. The highest BCUT2D eigenvalue weighted by Gasteiger charge is 2.14. The van der Waals surface area contributed by atoms with Gasteiger partial charge in [-0.1, -0.05) is 39.3 Å². The van der Waals surface area contributed by atoms with Gasteiger partial charge in [-0.25, -0.2) is 4.98 Å². The van der Waals surface area contributed by atoms with Crippen LogP contribution in [0.3, 0.4) is 0 Å². The van der Waals surface area contributed by atoms with Crippen LogP contribution in [0.15, 0.2) is 16.9 Å². The monoisotopic (exact) mass is 293 g/mol. The minimum Gasteiger partial charge on any atom is -0.309 e. The van der Waals surface area contributed by atoms with Crippen molar-refractivity contribution in [2.75, 3.05) is 0 Å². The Labute approximate surface area is 124 Å². The Kier molecular flexibility index (Phi) is 7.56. The lowest BCUT2D eigenvalue weighted by Gasteiger charge is -2.07. The smallest absolute Gasteiger partial charge is 0.270 e. The molecule has 0 aliphatic carbocycles. The lowest BCUT2D eigenvalue weighted by Crippen LogP contribution is -2.20. The molecule has 2 aromatic heterocycles. The first-order valence-corrected chi connectivity index (χ1v) is 7.00. The number of nitrogens with zero attached hydrogens (tertiary/aromatic N) is 3. The molecule has 5 heteroatoms. The van der Waals surface area contributed by atoms with Crippen molar-refractivity contribution in [3.63, 3.8) is 0 Å². The summed E-state index contributed by atoms with van der Waals surface area (Å²) in [7, 11) is 1.60. The molecule has 2 heterocycles. The number of hydrogen-bond acceptors (Lipinski definition) is 3. The third-order valence-electron chi connectivity index (χ3n) is 2.43. The molecule has 0 spiro atoms. The van der Waals surface area contributed by atoms with Crippen LogP contribution in [0.4, 0.5) is 0 Å². The molecule has 0 amide bonds. The van der Waals surface area contributed by atoms with Gasteiger partial charge in [0.05, 0.1) is 10.5 Å². The number of hydrogen-bond donors (Lipinski definition) is 0. The number of rotatable bonds is 0. The predicted molar refractivity (Wildman–Crippen MR) is 84.1 cm³/mol. The third kappa shape index (κ3) is 3.37. The summed E-state index contributed by atoms with van der Waals surface area (Å²) < 4.78 is 1.38. The Bertz CT molecular complexity index is 684. The van der Waals surface area contributed by atoms with E-state index in [1.54, 1.807) is 19.2 Å². The van der Waals surface area contributed by atoms with Gasteiger partial charge in [0.1, 0.15) is 17.1 Å². The van der Waals surface area contributed by atoms with Gasteiger partial charge in [-0.15, -0.1) is 0 Å². The zero-order valence-electron chi connectivity index (χ0n) is 12.8. The molecule has 0 bridgehead atoms. The van der Waals surface area contributed by atoms with Gasteiger partial charge in [-0.2, -0.15) is 5.26 Å². The van der Waals surface area contributed by atoms with Gasteiger partial charge in [0, 0.05) is 12.7 Å². The highest BCUT2D eigenvalue weighted by atomic mass is 35.5. The Balaban J connectivity index is 0.000000829. The van der Waals surface area contributed by atoms with Gasteiger partial charge in [-0.05, 0) is 19.1 Å². The number of aromatic nitrogens is 2. The van der Waals surface area contributed by atoms with Crippen LogP contribution in [0.1, 0.15) is 39.0 Å². The van der Waals surface area contributed by atoms with E-state index in [1.807, 2.05) is 40.7 Å². The zero-order valence-corrected chi connectivity index (χ0v) is 13.5. The van der Waals surface area contributed by atoms with Gasteiger partial charge < -0.3 is 4.57 Å². The minimum absolute atomic E-state index is 0.0604. The van der Waals surface area contributed by atoms with Crippen LogP contribution in [-0.2, 0) is 7.05 Å². The molecule has 0 aliphatic heterocycles. The molecule has 0 aliphatic rings. The van der Waals surface area contributed by atoms with Crippen LogP contribution in [0.25, 0.3) is 11.0 Å². The van der Waals surface area contributed by atoms with E-state index in [4.69, 9.17) is 16.9 Å². The van der Waals surface area contributed by atoms with E-state index in [1.165, 1.54) is 4.57 Å². The van der Waals surface area contributed by atoms with Crippen LogP contribution in [0, 0.1) is 18.3 Å². The first-order valence-electron chi connectivity index (χ1n) is 6.62. The summed E-state index contributed by atoms with van der Waals surface area (Å²) in [5, 5.41) is 9.01. The van der Waals surface area contributed by atoms with Crippen molar-refractivity contribution >= 4 is 22.6 Å². The molecule has 0 radical (unpaired) electrons. The zero-order chi connectivity index (χ0) is 15.9. The van der Waals surface area contributed by atoms with Crippen molar-refractivity contribution in [2.24, 2.45) is 7.05 Å². The normalized spacial score (nSPS) is 8.90. The minimum atomic E-state index is -0.398. The molecule has 0 saturated heterocycles. The average Bonchev–Trinajstić information content (AvgIpc) is 2.50.